The van der Waals surface area contributed by atoms with E-state index in [0.717, 1.165) is 35.8 Å². The molecule has 0 aliphatic heterocycles. The fraction of sp³-hybridized carbons (Fsp3) is 0.185. The number of halogens is 1. The van der Waals surface area contributed by atoms with Gasteiger partial charge in [-0.15, -0.1) is 0 Å². The molecule has 2 heteroatoms. The molecule has 146 valence electrons. The largest absolute Gasteiger partial charge is 0.326 e. The molecule has 0 radical (unpaired) electrons. The smallest absolute Gasteiger partial charge is 0.138 e. The summed E-state index contributed by atoms with van der Waals surface area (Å²) in [5.41, 5.74) is 12.1. The monoisotopic (exact) mass is 383 g/mol. The van der Waals surface area contributed by atoms with Crippen LogP contribution in [0, 0.1) is 5.82 Å². The maximum Gasteiger partial charge on any atom is 0.138 e. The van der Waals surface area contributed by atoms with E-state index in [9.17, 15) is 0 Å². The Morgan fingerprint density at radius 2 is 1.31 bits per heavy atom. The summed E-state index contributed by atoms with van der Waals surface area (Å²) in [5, 5.41) is 1.62. The third kappa shape index (κ3) is 4.23. The number of nitrogens with two attached hydrogens (primary N) is 1. The van der Waals surface area contributed by atoms with Gasteiger partial charge in [-0.3, -0.25) is 0 Å². The van der Waals surface area contributed by atoms with Crippen molar-refractivity contribution in [1.29, 1.82) is 0 Å². The van der Waals surface area contributed by atoms with E-state index >= 15 is 4.39 Å². The second-order valence-electron chi connectivity index (χ2n) is 7.55. The quantitative estimate of drug-likeness (QED) is 0.407. The van der Waals surface area contributed by atoms with Crippen LogP contribution >= 0.6 is 0 Å². The van der Waals surface area contributed by atoms with Crippen molar-refractivity contribution >= 4 is 10.8 Å². The van der Waals surface area contributed by atoms with Gasteiger partial charge in [0.15, 0.2) is 0 Å². The Morgan fingerprint density at radius 3 is 2.00 bits per heavy atom. The van der Waals surface area contributed by atoms with E-state index in [1.54, 1.807) is 0 Å². The van der Waals surface area contributed by atoms with Crippen LogP contribution in [0.4, 0.5) is 4.39 Å². The third-order valence-corrected chi connectivity index (χ3v) is 5.65. The first-order valence-electron chi connectivity index (χ1n) is 10.3. The van der Waals surface area contributed by atoms with Crippen molar-refractivity contribution in [3.8, 4) is 11.1 Å². The molecule has 4 aromatic carbocycles. The first-order valence-corrected chi connectivity index (χ1v) is 10.3. The Bertz CT molecular complexity index is 1110. The highest BCUT2D eigenvalue weighted by atomic mass is 19.1. The highest BCUT2D eigenvalue weighted by Crippen LogP contribution is 2.30. The zero-order valence-electron chi connectivity index (χ0n) is 16.8. The number of hydrogen-bond donors (Lipinski definition) is 1. The van der Waals surface area contributed by atoms with Gasteiger partial charge in [0.05, 0.1) is 0 Å². The lowest BCUT2D eigenvalue weighted by Crippen LogP contribution is -1.96. The minimum atomic E-state index is -0.162. The molecule has 0 aromatic heterocycles. The van der Waals surface area contributed by atoms with Gasteiger partial charge in [0.2, 0.25) is 0 Å². The van der Waals surface area contributed by atoms with Crippen LogP contribution in [-0.2, 0) is 25.8 Å². The second-order valence-corrected chi connectivity index (χ2v) is 7.55. The fourth-order valence-electron chi connectivity index (χ4n) is 3.77. The van der Waals surface area contributed by atoms with Crippen LogP contribution in [0.2, 0.25) is 0 Å². The Balaban J connectivity index is 1.56. The first kappa shape index (κ1) is 19.4. The number of rotatable bonds is 6. The Kier molecular flexibility index (Phi) is 5.73. The SMILES string of the molecule is CCc1ccc(CCc2ccc3c(F)c(-c4ccc(CN)cc4)ccc3c2)cc1. The van der Waals surface area contributed by atoms with Gasteiger partial charge in [0, 0.05) is 17.5 Å². The van der Waals surface area contributed by atoms with E-state index in [4.69, 9.17) is 5.73 Å². The highest BCUT2D eigenvalue weighted by molar-refractivity contribution is 5.88. The van der Waals surface area contributed by atoms with E-state index < -0.39 is 0 Å². The van der Waals surface area contributed by atoms with Crippen LogP contribution in [0.25, 0.3) is 21.9 Å². The number of benzene rings is 4. The van der Waals surface area contributed by atoms with Crippen molar-refractivity contribution < 1.29 is 4.39 Å². The molecule has 0 atom stereocenters. The number of aryl methyl sites for hydroxylation is 3. The molecule has 0 bridgehead atoms. The van der Waals surface area contributed by atoms with Gasteiger partial charge in [0.25, 0.3) is 0 Å². The number of fused-ring (bicyclic) bond motifs is 1. The fourth-order valence-corrected chi connectivity index (χ4v) is 3.77. The van der Waals surface area contributed by atoms with E-state index in [-0.39, 0.29) is 5.82 Å². The van der Waals surface area contributed by atoms with Crippen LogP contribution in [0.3, 0.4) is 0 Å². The van der Waals surface area contributed by atoms with Crippen LogP contribution in [-0.4, -0.2) is 0 Å². The van der Waals surface area contributed by atoms with Gasteiger partial charge in [-0.2, -0.15) is 0 Å². The molecule has 2 N–H and O–H groups in total. The zero-order chi connectivity index (χ0) is 20.2. The summed E-state index contributed by atoms with van der Waals surface area (Å²) in [4.78, 5) is 0. The van der Waals surface area contributed by atoms with E-state index in [0.29, 0.717) is 17.5 Å². The van der Waals surface area contributed by atoms with Crippen LogP contribution in [0.1, 0.15) is 29.2 Å². The zero-order valence-corrected chi connectivity index (χ0v) is 16.8. The minimum Gasteiger partial charge on any atom is -0.326 e. The Labute approximate surface area is 172 Å². The van der Waals surface area contributed by atoms with Crippen molar-refractivity contribution in [3.05, 3.63) is 107 Å². The lowest BCUT2D eigenvalue weighted by Gasteiger charge is -2.10. The second kappa shape index (κ2) is 8.59. The van der Waals surface area contributed by atoms with E-state index in [1.807, 2.05) is 48.5 Å². The molecule has 0 spiro atoms. The van der Waals surface area contributed by atoms with Crippen LogP contribution < -0.4 is 5.73 Å². The topological polar surface area (TPSA) is 26.0 Å². The van der Waals surface area contributed by atoms with E-state index in [1.165, 1.54) is 16.7 Å². The molecule has 4 rings (SSSR count). The van der Waals surface area contributed by atoms with Gasteiger partial charge in [-0.05, 0) is 52.5 Å². The average Bonchev–Trinajstić information content (AvgIpc) is 2.78. The van der Waals surface area contributed by atoms with Crippen LogP contribution in [0.5, 0.6) is 0 Å². The maximum absolute atomic E-state index is 15.2. The summed E-state index contributed by atoms with van der Waals surface area (Å²) in [6, 6.07) is 26.6. The van der Waals surface area contributed by atoms with Gasteiger partial charge in [0.1, 0.15) is 5.82 Å². The molecule has 0 aliphatic rings. The minimum absolute atomic E-state index is 0.162. The van der Waals surface area contributed by atoms with Crippen molar-refractivity contribution in [2.75, 3.05) is 0 Å². The summed E-state index contributed by atoms with van der Waals surface area (Å²) >= 11 is 0. The molecular formula is C27H26FN. The molecule has 0 saturated heterocycles. The molecule has 0 saturated carbocycles. The average molecular weight is 384 g/mol. The first-order chi connectivity index (χ1) is 14.2. The molecule has 0 unspecified atom stereocenters. The standard InChI is InChI=1S/C27H26FN/c1-2-19-3-5-20(6-4-19)7-8-21-11-15-26-24(17-21)14-16-25(27(26)28)23-12-9-22(18-29)10-13-23/h3-6,9-17H,2,7-8,18,29H2,1H3. The Morgan fingerprint density at radius 1 is 0.690 bits per heavy atom. The summed E-state index contributed by atoms with van der Waals surface area (Å²) in [5.74, 6) is -0.162. The van der Waals surface area contributed by atoms with Gasteiger partial charge >= 0.3 is 0 Å². The van der Waals surface area contributed by atoms with Gasteiger partial charge in [-0.25, -0.2) is 4.39 Å². The molecular weight excluding hydrogens is 357 g/mol. The predicted octanol–water partition coefficient (Wildman–Crippen LogP) is 6.45. The molecule has 0 fully saturated rings. The molecule has 4 aromatic rings. The normalized spacial score (nSPS) is 11.1. The summed E-state index contributed by atoms with van der Waals surface area (Å²) in [7, 11) is 0. The summed E-state index contributed by atoms with van der Waals surface area (Å²) < 4.78 is 15.2. The molecule has 1 nitrogen and oxygen atoms in total. The summed E-state index contributed by atoms with van der Waals surface area (Å²) in [6.07, 6.45) is 3.00. The molecule has 0 aliphatic carbocycles. The third-order valence-electron chi connectivity index (χ3n) is 5.65. The van der Waals surface area contributed by atoms with Crippen molar-refractivity contribution in [1.82, 2.24) is 0 Å². The predicted molar refractivity (Wildman–Crippen MR) is 120 cm³/mol. The lowest BCUT2D eigenvalue weighted by molar-refractivity contribution is 0.643. The van der Waals surface area contributed by atoms with Gasteiger partial charge < -0.3 is 5.73 Å². The highest BCUT2D eigenvalue weighted by Gasteiger charge is 2.10. The Hall–Kier alpha value is -2.97. The van der Waals surface area contributed by atoms with Crippen molar-refractivity contribution in [3.63, 3.8) is 0 Å². The van der Waals surface area contributed by atoms with Gasteiger partial charge in [-0.1, -0.05) is 85.8 Å². The van der Waals surface area contributed by atoms with Crippen molar-refractivity contribution in [2.24, 2.45) is 5.73 Å². The van der Waals surface area contributed by atoms with Crippen LogP contribution in [0.15, 0.2) is 78.9 Å². The van der Waals surface area contributed by atoms with Crippen molar-refractivity contribution in [2.45, 2.75) is 32.7 Å². The maximum atomic E-state index is 15.2. The molecule has 0 heterocycles. The van der Waals surface area contributed by atoms with E-state index in [2.05, 4.69) is 37.3 Å². The molecule has 29 heavy (non-hydrogen) atoms. The number of hydrogen-bond acceptors (Lipinski definition) is 1. The molecule has 0 amide bonds. The lowest BCUT2D eigenvalue weighted by atomic mass is 9.96. The summed E-state index contributed by atoms with van der Waals surface area (Å²) in [6.45, 7) is 2.66.